The van der Waals surface area contributed by atoms with Gasteiger partial charge >= 0.3 is 0 Å². The second-order valence-electron chi connectivity index (χ2n) is 4.02. The molecule has 0 spiro atoms. The highest BCUT2D eigenvalue weighted by atomic mass is 16.6. The third kappa shape index (κ3) is 3.52. The van der Waals surface area contributed by atoms with Gasteiger partial charge in [0.25, 0.3) is 5.69 Å². The van der Waals surface area contributed by atoms with Crippen molar-refractivity contribution in [1.29, 1.82) is 0 Å². The molecule has 5 heteroatoms. The maximum atomic E-state index is 11.8. The van der Waals surface area contributed by atoms with Crippen LogP contribution in [0.4, 0.5) is 11.4 Å². The molecule has 0 bridgehead atoms. The molecule has 20 heavy (non-hydrogen) atoms. The van der Waals surface area contributed by atoms with Gasteiger partial charge < -0.3 is 5.32 Å². The number of ketones is 1. The van der Waals surface area contributed by atoms with Crippen molar-refractivity contribution in [2.24, 2.45) is 0 Å². The second-order valence-corrected chi connectivity index (χ2v) is 4.02. The molecule has 100 valence electrons. The highest BCUT2D eigenvalue weighted by molar-refractivity contribution is 6.04. The predicted octanol–water partition coefficient (Wildman–Crippen LogP) is 3.40. The molecule has 2 rings (SSSR count). The van der Waals surface area contributed by atoms with Crippen molar-refractivity contribution in [2.45, 2.75) is 0 Å². The van der Waals surface area contributed by atoms with Crippen LogP contribution >= 0.6 is 0 Å². The van der Waals surface area contributed by atoms with Gasteiger partial charge in [0.2, 0.25) is 0 Å². The number of carbonyl (C=O) groups is 1. The van der Waals surface area contributed by atoms with Gasteiger partial charge in [-0.2, -0.15) is 0 Å². The van der Waals surface area contributed by atoms with Crippen LogP contribution in [0.1, 0.15) is 10.4 Å². The molecular formula is C15H12N2O3. The summed E-state index contributed by atoms with van der Waals surface area (Å²) in [6.07, 6.45) is 2.85. The lowest BCUT2D eigenvalue weighted by atomic mass is 10.1. The topological polar surface area (TPSA) is 72.2 Å². The number of non-ortho nitro benzene ring substituents is 1. The number of carbonyl (C=O) groups excluding carboxylic acids is 1. The molecular weight excluding hydrogens is 256 g/mol. The highest BCUT2D eigenvalue weighted by Crippen LogP contribution is 2.16. The molecule has 0 saturated carbocycles. The van der Waals surface area contributed by atoms with Crippen molar-refractivity contribution in [2.75, 3.05) is 5.32 Å². The van der Waals surface area contributed by atoms with E-state index in [9.17, 15) is 14.9 Å². The predicted molar refractivity (Wildman–Crippen MR) is 76.6 cm³/mol. The first-order chi connectivity index (χ1) is 9.66. The monoisotopic (exact) mass is 268 g/mol. The first-order valence-corrected chi connectivity index (χ1v) is 5.94. The Bertz CT molecular complexity index is 651. The van der Waals surface area contributed by atoms with Crippen LogP contribution in [0.3, 0.4) is 0 Å². The summed E-state index contributed by atoms with van der Waals surface area (Å²) in [6, 6.07) is 14.9. The summed E-state index contributed by atoms with van der Waals surface area (Å²) in [5.41, 5.74) is 1.14. The van der Waals surface area contributed by atoms with E-state index in [1.165, 1.54) is 24.4 Å². The zero-order valence-corrected chi connectivity index (χ0v) is 10.5. The summed E-state index contributed by atoms with van der Waals surface area (Å²) in [4.78, 5) is 21.9. The Morgan fingerprint density at radius 2 is 1.85 bits per heavy atom. The van der Waals surface area contributed by atoms with Gasteiger partial charge in [0.1, 0.15) is 0 Å². The van der Waals surface area contributed by atoms with E-state index in [-0.39, 0.29) is 11.5 Å². The Hall–Kier alpha value is -2.95. The van der Waals surface area contributed by atoms with Crippen molar-refractivity contribution in [1.82, 2.24) is 0 Å². The lowest BCUT2D eigenvalue weighted by molar-refractivity contribution is -0.384. The maximum absolute atomic E-state index is 11.8. The average molecular weight is 268 g/mol. The van der Waals surface area contributed by atoms with Crippen molar-refractivity contribution < 1.29 is 9.72 Å². The Morgan fingerprint density at radius 3 is 2.55 bits per heavy atom. The molecule has 2 aromatic rings. The third-order valence-electron chi connectivity index (χ3n) is 2.60. The second kappa shape index (κ2) is 6.29. The quantitative estimate of drug-likeness (QED) is 0.390. The first-order valence-electron chi connectivity index (χ1n) is 5.94. The molecule has 0 unspecified atom stereocenters. The van der Waals surface area contributed by atoms with E-state index in [2.05, 4.69) is 5.32 Å². The fourth-order valence-electron chi connectivity index (χ4n) is 1.62. The number of nitro benzene ring substituents is 1. The molecule has 0 heterocycles. The van der Waals surface area contributed by atoms with Gasteiger partial charge in [-0.1, -0.05) is 36.4 Å². The summed E-state index contributed by atoms with van der Waals surface area (Å²) in [5.74, 6) is -0.136. The van der Waals surface area contributed by atoms with Crippen LogP contribution in [0.2, 0.25) is 0 Å². The minimum absolute atomic E-state index is 0.00205. The highest BCUT2D eigenvalue weighted by Gasteiger charge is 2.04. The van der Waals surface area contributed by atoms with Gasteiger partial charge in [-0.25, -0.2) is 0 Å². The van der Waals surface area contributed by atoms with Crippen LogP contribution in [0.25, 0.3) is 0 Å². The Kier molecular flexibility index (Phi) is 4.24. The summed E-state index contributed by atoms with van der Waals surface area (Å²) in [5, 5.41) is 13.5. The molecule has 0 saturated heterocycles. The number of nitrogens with one attached hydrogen (secondary N) is 1. The van der Waals surface area contributed by atoms with Crippen molar-refractivity contribution in [3.63, 3.8) is 0 Å². The Balaban J connectivity index is 2.02. The lowest BCUT2D eigenvalue weighted by Crippen LogP contribution is -1.96. The number of hydrogen-bond acceptors (Lipinski definition) is 4. The zero-order chi connectivity index (χ0) is 14.4. The normalized spacial score (nSPS) is 10.4. The standard InChI is InChI=1S/C15H12N2O3/c18-15(12-5-2-1-3-6-12)9-10-16-13-7-4-8-14(11-13)17(19)20/h1-11,16H/b10-9+. The van der Waals surface area contributed by atoms with Crippen LogP contribution in [0.15, 0.2) is 66.9 Å². The van der Waals surface area contributed by atoms with Crippen molar-refractivity contribution >= 4 is 17.2 Å². The van der Waals surface area contributed by atoms with Crippen molar-refractivity contribution in [3.05, 3.63) is 82.6 Å². The molecule has 0 aliphatic carbocycles. The minimum Gasteiger partial charge on any atom is -0.361 e. The molecule has 0 aliphatic rings. The Labute approximate surface area is 115 Å². The molecule has 2 aromatic carbocycles. The number of benzene rings is 2. The summed E-state index contributed by atoms with van der Waals surface area (Å²) < 4.78 is 0. The molecule has 5 nitrogen and oxygen atoms in total. The summed E-state index contributed by atoms with van der Waals surface area (Å²) in [7, 11) is 0. The van der Waals surface area contributed by atoms with Gasteiger partial charge in [-0.05, 0) is 6.07 Å². The fourth-order valence-corrected chi connectivity index (χ4v) is 1.62. The summed E-state index contributed by atoms with van der Waals surface area (Å²) in [6.45, 7) is 0. The fraction of sp³-hybridized carbons (Fsp3) is 0. The lowest BCUT2D eigenvalue weighted by Gasteiger charge is -2.00. The van der Waals surface area contributed by atoms with Crippen LogP contribution < -0.4 is 5.32 Å². The smallest absolute Gasteiger partial charge is 0.271 e. The number of hydrogen-bond donors (Lipinski definition) is 1. The third-order valence-corrected chi connectivity index (χ3v) is 2.60. The van der Waals surface area contributed by atoms with E-state index in [1.54, 1.807) is 36.4 Å². The van der Waals surface area contributed by atoms with Crippen LogP contribution in [-0.2, 0) is 0 Å². The van der Waals surface area contributed by atoms with Crippen molar-refractivity contribution in [3.8, 4) is 0 Å². The van der Waals surface area contributed by atoms with E-state index < -0.39 is 4.92 Å². The summed E-state index contributed by atoms with van der Waals surface area (Å²) >= 11 is 0. The van der Waals surface area contributed by atoms with Crippen LogP contribution in [-0.4, -0.2) is 10.7 Å². The van der Waals surface area contributed by atoms with Gasteiger partial charge in [-0.15, -0.1) is 0 Å². The first kappa shape index (κ1) is 13.5. The number of rotatable bonds is 5. The average Bonchev–Trinajstić information content (AvgIpc) is 2.48. The number of anilines is 1. The molecule has 0 aromatic heterocycles. The van der Waals surface area contributed by atoms with Crippen LogP contribution in [0, 0.1) is 10.1 Å². The SMILES string of the molecule is O=C(/C=C/Nc1cccc([N+](=O)[O-])c1)c1ccccc1. The molecule has 0 aliphatic heterocycles. The van der Waals surface area contributed by atoms with E-state index in [0.29, 0.717) is 11.3 Å². The largest absolute Gasteiger partial charge is 0.361 e. The van der Waals surface area contributed by atoms with Crippen LogP contribution in [0.5, 0.6) is 0 Å². The number of allylic oxidation sites excluding steroid dienone is 1. The molecule has 0 radical (unpaired) electrons. The van der Waals surface area contributed by atoms with Gasteiger partial charge in [-0.3, -0.25) is 14.9 Å². The van der Waals surface area contributed by atoms with Gasteiger partial charge in [0.15, 0.2) is 5.78 Å². The van der Waals surface area contributed by atoms with Gasteiger partial charge in [0, 0.05) is 35.7 Å². The molecule has 0 amide bonds. The van der Waals surface area contributed by atoms with E-state index in [4.69, 9.17) is 0 Å². The van der Waals surface area contributed by atoms with E-state index in [0.717, 1.165) is 0 Å². The maximum Gasteiger partial charge on any atom is 0.271 e. The minimum atomic E-state index is -0.468. The molecule has 1 N–H and O–H groups in total. The Morgan fingerprint density at radius 1 is 1.10 bits per heavy atom. The van der Waals surface area contributed by atoms with E-state index >= 15 is 0 Å². The van der Waals surface area contributed by atoms with E-state index in [1.807, 2.05) is 6.07 Å². The number of nitro groups is 1. The number of nitrogens with zero attached hydrogens (tertiary/aromatic N) is 1. The molecule has 0 fully saturated rings. The molecule has 0 atom stereocenters. The van der Waals surface area contributed by atoms with Gasteiger partial charge in [0.05, 0.1) is 4.92 Å². The zero-order valence-electron chi connectivity index (χ0n) is 10.5.